The van der Waals surface area contributed by atoms with E-state index >= 15 is 0 Å². The molecule has 4 heteroatoms. The number of rotatable bonds is 1. The van der Waals surface area contributed by atoms with Gasteiger partial charge in [-0.15, -0.1) is 0 Å². The smallest absolute Gasteiger partial charge is 0.300 e. The van der Waals surface area contributed by atoms with Crippen LogP contribution in [0.1, 0.15) is 13.8 Å². The number of para-hydroxylation sites is 2. The van der Waals surface area contributed by atoms with Crippen LogP contribution in [0.5, 0.6) is 0 Å². The fraction of sp³-hybridized carbons (Fsp3) is 0.308. The Morgan fingerprint density at radius 3 is 2.41 bits per heavy atom. The summed E-state index contributed by atoms with van der Waals surface area (Å²) in [6, 6.07) is 8.46. The van der Waals surface area contributed by atoms with Gasteiger partial charge in [0.25, 0.3) is 5.97 Å². The third kappa shape index (κ3) is 3.52. The van der Waals surface area contributed by atoms with Crippen molar-refractivity contribution in [3.8, 4) is 0 Å². The molecule has 1 aliphatic rings. The van der Waals surface area contributed by atoms with Crippen LogP contribution in [0.15, 0.2) is 36.5 Å². The van der Waals surface area contributed by atoms with Gasteiger partial charge < -0.3 is 14.9 Å². The van der Waals surface area contributed by atoms with Crippen molar-refractivity contribution in [1.82, 2.24) is 0 Å². The summed E-state index contributed by atoms with van der Waals surface area (Å²) >= 11 is 0. The van der Waals surface area contributed by atoms with E-state index in [4.69, 9.17) is 9.90 Å². The lowest BCUT2D eigenvalue weighted by Gasteiger charge is -2.13. The lowest BCUT2D eigenvalue weighted by atomic mass is 10.2. The zero-order chi connectivity index (χ0) is 12.8. The first-order valence-corrected chi connectivity index (χ1v) is 5.45. The number of anilines is 2. The SMILES string of the molecule is CC(=O)O.CC=CN1CN(C)c2ccccc21. The molecule has 0 bridgehead atoms. The molecule has 0 atom stereocenters. The van der Waals surface area contributed by atoms with E-state index in [9.17, 15) is 0 Å². The Morgan fingerprint density at radius 2 is 1.88 bits per heavy atom. The standard InChI is InChI=1S/C11H14N2.C2H4O2/c1-3-8-13-9-12(2)10-6-4-5-7-11(10)13;1-2(3)4/h3-8H,9H2,1-2H3;1H3,(H,3,4). The van der Waals surface area contributed by atoms with Gasteiger partial charge in [-0.05, 0) is 19.1 Å². The number of allylic oxidation sites excluding steroid dienone is 1. The molecule has 1 aromatic rings. The summed E-state index contributed by atoms with van der Waals surface area (Å²) in [6.07, 6.45) is 4.18. The summed E-state index contributed by atoms with van der Waals surface area (Å²) in [5.41, 5.74) is 2.60. The molecule has 0 amide bonds. The van der Waals surface area contributed by atoms with Gasteiger partial charge in [0.1, 0.15) is 0 Å². The van der Waals surface area contributed by atoms with Crippen molar-refractivity contribution in [2.45, 2.75) is 13.8 Å². The van der Waals surface area contributed by atoms with E-state index in [-0.39, 0.29) is 0 Å². The van der Waals surface area contributed by atoms with Gasteiger partial charge in [-0.2, -0.15) is 0 Å². The number of carbonyl (C=O) groups is 1. The highest BCUT2D eigenvalue weighted by Crippen LogP contribution is 2.34. The first kappa shape index (κ1) is 13.1. The van der Waals surface area contributed by atoms with Crippen molar-refractivity contribution in [3.63, 3.8) is 0 Å². The van der Waals surface area contributed by atoms with E-state index in [1.54, 1.807) is 0 Å². The molecule has 17 heavy (non-hydrogen) atoms. The maximum atomic E-state index is 9.00. The third-order valence-electron chi connectivity index (χ3n) is 2.30. The molecule has 0 aliphatic carbocycles. The maximum Gasteiger partial charge on any atom is 0.300 e. The molecule has 1 aliphatic heterocycles. The molecule has 1 heterocycles. The number of hydrogen-bond donors (Lipinski definition) is 1. The molecular weight excluding hydrogens is 216 g/mol. The van der Waals surface area contributed by atoms with Crippen molar-refractivity contribution < 1.29 is 9.90 Å². The van der Waals surface area contributed by atoms with E-state index in [0.29, 0.717) is 0 Å². The van der Waals surface area contributed by atoms with Crippen LogP contribution in [-0.4, -0.2) is 24.8 Å². The minimum Gasteiger partial charge on any atom is -0.481 e. The summed E-state index contributed by atoms with van der Waals surface area (Å²) < 4.78 is 0. The molecule has 0 aromatic heterocycles. The number of fused-ring (bicyclic) bond motifs is 1. The second-order valence-electron chi connectivity index (χ2n) is 3.80. The molecular formula is C13H18N2O2. The summed E-state index contributed by atoms with van der Waals surface area (Å²) in [5.74, 6) is -0.833. The van der Waals surface area contributed by atoms with E-state index in [1.165, 1.54) is 11.4 Å². The number of carboxylic acids is 1. The second-order valence-corrected chi connectivity index (χ2v) is 3.80. The molecule has 0 saturated heterocycles. The Morgan fingerprint density at radius 1 is 1.35 bits per heavy atom. The van der Waals surface area contributed by atoms with Crippen LogP contribution in [-0.2, 0) is 4.79 Å². The first-order chi connectivity index (χ1) is 8.06. The molecule has 1 aromatic carbocycles. The third-order valence-corrected chi connectivity index (χ3v) is 2.30. The number of carboxylic acid groups (broad SMARTS) is 1. The first-order valence-electron chi connectivity index (χ1n) is 5.45. The zero-order valence-corrected chi connectivity index (χ0v) is 10.4. The van der Waals surface area contributed by atoms with Crippen molar-refractivity contribution in [2.24, 2.45) is 0 Å². The predicted octanol–water partition coefficient (Wildman–Crippen LogP) is 2.52. The van der Waals surface area contributed by atoms with Gasteiger partial charge in [-0.25, -0.2) is 0 Å². The Bertz CT molecular complexity index is 412. The van der Waals surface area contributed by atoms with Crippen molar-refractivity contribution in [1.29, 1.82) is 0 Å². The van der Waals surface area contributed by atoms with Crippen molar-refractivity contribution in [2.75, 3.05) is 23.5 Å². The topological polar surface area (TPSA) is 43.8 Å². The molecule has 0 spiro atoms. The molecule has 0 radical (unpaired) electrons. The number of aliphatic carboxylic acids is 1. The van der Waals surface area contributed by atoms with Gasteiger partial charge >= 0.3 is 0 Å². The van der Waals surface area contributed by atoms with E-state index in [1.807, 2.05) is 6.92 Å². The van der Waals surface area contributed by atoms with Crippen LogP contribution < -0.4 is 9.80 Å². The van der Waals surface area contributed by atoms with Crippen LogP contribution in [0, 0.1) is 0 Å². The Kier molecular flexibility index (Phi) is 4.57. The van der Waals surface area contributed by atoms with Gasteiger partial charge in [0.05, 0.1) is 18.0 Å². The lowest BCUT2D eigenvalue weighted by Crippen LogP contribution is -2.23. The summed E-state index contributed by atoms with van der Waals surface area (Å²) in [7, 11) is 2.11. The highest BCUT2D eigenvalue weighted by molar-refractivity contribution is 5.76. The normalized spacial score (nSPS) is 13.4. The Labute approximate surface area is 102 Å². The van der Waals surface area contributed by atoms with Crippen molar-refractivity contribution >= 4 is 17.3 Å². The monoisotopic (exact) mass is 234 g/mol. The average molecular weight is 234 g/mol. The fourth-order valence-corrected chi connectivity index (χ4v) is 1.72. The Balaban J connectivity index is 0.000000317. The molecule has 4 nitrogen and oxygen atoms in total. The maximum absolute atomic E-state index is 9.00. The molecule has 2 rings (SSSR count). The quantitative estimate of drug-likeness (QED) is 0.811. The summed E-state index contributed by atoms with van der Waals surface area (Å²) in [6.45, 7) is 4.07. The largest absolute Gasteiger partial charge is 0.481 e. The summed E-state index contributed by atoms with van der Waals surface area (Å²) in [5, 5.41) is 7.42. The van der Waals surface area contributed by atoms with Crippen molar-refractivity contribution in [3.05, 3.63) is 36.5 Å². The van der Waals surface area contributed by atoms with Gasteiger partial charge in [-0.1, -0.05) is 18.2 Å². The lowest BCUT2D eigenvalue weighted by molar-refractivity contribution is -0.134. The minimum atomic E-state index is -0.833. The van der Waals surface area contributed by atoms with Gasteiger partial charge in [0.2, 0.25) is 0 Å². The minimum absolute atomic E-state index is 0.833. The fourth-order valence-electron chi connectivity index (χ4n) is 1.72. The highest BCUT2D eigenvalue weighted by Gasteiger charge is 2.19. The number of hydrogen-bond acceptors (Lipinski definition) is 3. The Hall–Kier alpha value is -1.97. The molecule has 0 fully saturated rings. The molecule has 0 unspecified atom stereocenters. The van der Waals surface area contributed by atoms with Crippen LogP contribution in [0.25, 0.3) is 0 Å². The number of benzene rings is 1. The molecule has 1 N–H and O–H groups in total. The highest BCUT2D eigenvalue weighted by atomic mass is 16.4. The van der Waals surface area contributed by atoms with Crippen LogP contribution in [0.2, 0.25) is 0 Å². The van der Waals surface area contributed by atoms with Gasteiger partial charge in [0, 0.05) is 20.2 Å². The second kappa shape index (κ2) is 5.94. The van der Waals surface area contributed by atoms with Crippen LogP contribution in [0.3, 0.4) is 0 Å². The number of nitrogens with zero attached hydrogens (tertiary/aromatic N) is 2. The van der Waals surface area contributed by atoms with Crippen LogP contribution in [0.4, 0.5) is 11.4 Å². The summed E-state index contributed by atoms with van der Waals surface area (Å²) in [4.78, 5) is 13.5. The molecule has 92 valence electrons. The zero-order valence-electron chi connectivity index (χ0n) is 10.4. The van der Waals surface area contributed by atoms with Gasteiger partial charge in [-0.3, -0.25) is 4.79 Å². The molecule has 0 saturated carbocycles. The van der Waals surface area contributed by atoms with E-state index in [0.717, 1.165) is 13.6 Å². The predicted molar refractivity (Wildman–Crippen MR) is 70.3 cm³/mol. The van der Waals surface area contributed by atoms with Crippen LogP contribution >= 0.6 is 0 Å². The van der Waals surface area contributed by atoms with Gasteiger partial charge in [0.15, 0.2) is 0 Å². The van der Waals surface area contributed by atoms with E-state index < -0.39 is 5.97 Å². The van der Waals surface area contributed by atoms with E-state index in [2.05, 4.69) is 53.4 Å². The average Bonchev–Trinajstić information content (AvgIpc) is 2.57.